The molecule has 1 amide bonds. The second-order valence-electron chi connectivity index (χ2n) is 7.10. The molecular formula is C21H25N3O3S. The zero-order valence-corrected chi connectivity index (χ0v) is 17.4. The maximum absolute atomic E-state index is 13.5. The van der Waals surface area contributed by atoms with E-state index < -0.39 is 0 Å². The van der Waals surface area contributed by atoms with Gasteiger partial charge in [-0.15, -0.1) is 11.3 Å². The Hall–Kier alpha value is -2.67. The van der Waals surface area contributed by atoms with Crippen molar-refractivity contribution in [2.24, 2.45) is 5.73 Å². The highest BCUT2D eigenvalue weighted by Gasteiger charge is 2.21. The van der Waals surface area contributed by atoms with Crippen LogP contribution in [0.2, 0.25) is 0 Å². The van der Waals surface area contributed by atoms with Crippen molar-refractivity contribution in [1.82, 2.24) is 9.55 Å². The fraction of sp³-hybridized carbons (Fsp3) is 0.381. The van der Waals surface area contributed by atoms with Crippen LogP contribution >= 0.6 is 11.3 Å². The Balaban J connectivity index is 2.23. The van der Waals surface area contributed by atoms with E-state index in [4.69, 9.17) is 15.5 Å². The van der Waals surface area contributed by atoms with Crippen LogP contribution in [0.5, 0.6) is 5.75 Å². The average Bonchev–Trinajstić information content (AvgIpc) is 2.99. The molecule has 0 aliphatic rings. The number of benzene rings is 1. The summed E-state index contributed by atoms with van der Waals surface area (Å²) in [6.45, 7) is 6.46. The van der Waals surface area contributed by atoms with E-state index >= 15 is 0 Å². The molecule has 1 aromatic carbocycles. The van der Waals surface area contributed by atoms with E-state index in [1.54, 1.807) is 11.7 Å². The topological polar surface area (TPSA) is 87.2 Å². The van der Waals surface area contributed by atoms with Gasteiger partial charge in [0.2, 0.25) is 5.91 Å². The molecule has 0 saturated carbocycles. The molecule has 6 nitrogen and oxygen atoms in total. The molecule has 0 aliphatic carbocycles. The average molecular weight is 400 g/mol. The van der Waals surface area contributed by atoms with E-state index in [1.807, 2.05) is 45.0 Å². The summed E-state index contributed by atoms with van der Waals surface area (Å²) in [5.41, 5.74) is 7.02. The third-order valence-corrected chi connectivity index (χ3v) is 5.70. The molecule has 0 fully saturated rings. The normalized spacial score (nSPS) is 11.3. The predicted molar refractivity (Wildman–Crippen MR) is 113 cm³/mol. The number of hydrogen-bond donors (Lipinski definition) is 1. The number of fused-ring (bicyclic) bond motifs is 1. The summed E-state index contributed by atoms with van der Waals surface area (Å²) in [7, 11) is 1.62. The molecule has 0 aliphatic heterocycles. The quantitative estimate of drug-likeness (QED) is 0.654. The highest BCUT2D eigenvalue weighted by Crippen LogP contribution is 2.37. The largest absolute Gasteiger partial charge is 0.497 e. The van der Waals surface area contributed by atoms with E-state index in [2.05, 4.69) is 0 Å². The number of methoxy groups -OCH3 is 1. The van der Waals surface area contributed by atoms with Gasteiger partial charge < -0.3 is 10.5 Å². The lowest BCUT2D eigenvalue weighted by molar-refractivity contribution is -0.118. The van der Waals surface area contributed by atoms with Gasteiger partial charge in [-0.2, -0.15) is 0 Å². The van der Waals surface area contributed by atoms with Gasteiger partial charge in [0.05, 0.1) is 12.5 Å². The molecule has 3 rings (SSSR count). The first kappa shape index (κ1) is 20.1. The van der Waals surface area contributed by atoms with Crippen LogP contribution in [0.4, 0.5) is 0 Å². The van der Waals surface area contributed by atoms with Crippen LogP contribution < -0.4 is 16.0 Å². The minimum Gasteiger partial charge on any atom is -0.497 e. The van der Waals surface area contributed by atoms with Gasteiger partial charge in [-0.1, -0.05) is 26.0 Å². The number of hydrogen-bond acceptors (Lipinski definition) is 5. The summed E-state index contributed by atoms with van der Waals surface area (Å²) >= 11 is 1.53. The van der Waals surface area contributed by atoms with Gasteiger partial charge >= 0.3 is 0 Å². The van der Waals surface area contributed by atoms with E-state index in [0.717, 1.165) is 32.4 Å². The Morgan fingerprint density at radius 1 is 1.36 bits per heavy atom. The van der Waals surface area contributed by atoms with Crippen LogP contribution in [0.25, 0.3) is 21.3 Å². The van der Waals surface area contributed by atoms with Crippen molar-refractivity contribution in [2.45, 2.75) is 46.1 Å². The van der Waals surface area contributed by atoms with Crippen molar-refractivity contribution < 1.29 is 9.53 Å². The Kier molecular flexibility index (Phi) is 5.84. The number of rotatable bonds is 7. The third kappa shape index (κ3) is 3.80. The summed E-state index contributed by atoms with van der Waals surface area (Å²) in [6, 6.07) is 7.70. The number of amides is 1. The number of nitrogens with zero attached hydrogens (tertiary/aromatic N) is 2. The summed E-state index contributed by atoms with van der Waals surface area (Å²) in [5, 5.41) is 0.624. The zero-order valence-electron chi connectivity index (χ0n) is 16.6. The number of ether oxygens (including phenoxy) is 1. The first-order valence-electron chi connectivity index (χ1n) is 9.30. The molecule has 0 spiro atoms. The predicted octanol–water partition coefficient (Wildman–Crippen LogP) is 3.83. The van der Waals surface area contributed by atoms with Crippen molar-refractivity contribution in [1.29, 1.82) is 0 Å². The summed E-state index contributed by atoms with van der Waals surface area (Å²) < 4.78 is 7.05. The zero-order chi connectivity index (χ0) is 20.4. The number of primary amides is 1. The second-order valence-corrected chi connectivity index (χ2v) is 8.30. The number of aromatic nitrogens is 2. The molecule has 0 radical (unpaired) electrons. The fourth-order valence-corrected chi connectivity index (χ4v) is 4.45. The van der Waals surface area contributed by atoms with Gasteiger partial charge in [-0.05, 0) is 31.0 Å². The number of carbonyl (C=O) groups is 1. The third-order valence-electron chi connectivity index (χ3n) is 4.70. The van der Waals surface area contributed by atoms with Crippen molar-refractivity contribution in [2.75, 3.05) is 7.11 Å². The first-order chi connectivity index (χ1) is 13.3. The molecule has 0 bridgehead atoms. The highest BCUT2D eigenvalue weighted by atomic mass is 32.1. The Morgan fingerprint density at radius 2 is 2.11 bits per heavy atom. The lowest BCUT2D eigenvalue weighted by Crippen LogP contribution is -2.26. The molecule has 0 atom stereocenters. The second kappa shape index (κ2) is 8.14. The molecule has 0 saturated heterocycles. The lowest BCUT2D eigenvalue weighted by Gasteiger charge is -2.15. The van der Waals surface area contributed by atoms with Crippen LogP contribution in [0, 0.1) is 6.92 Å². The Labute approximate surface area is 168 Å². The SMILES string of the molecule is COc1cccc(-c2c(C)sc3nc(C(C)C)n(CCCC(N)=O)c(=O)c23)c1. The van der Waals surface area contributed by atoms with Gasteiger partial charge in [0, 0.05) is 29.3 Å². The molecule has 28 heavy (non-hydrogen) atoms. The van der Waals surface area contributed by atoms with Crippen LogP contribution in [-0.2, 0) is 11.3 Å². The fourth-order valence-electron chi connectivity index (χ4n) is 3.41. The molecule has 3 aromatic rings. The maximum Gasteiger partial charge on any atom is 0.262 e. The lowest BCUT2D eigenvalue weighted by atomic mass is 10.0. The van der Waals surface area contributed by atoms with E-state index in [1.165, 1.54) is 11.3 Å². The first-order valence-corrected chi connectivity index (χ1v) is 10.1. The number of thiophene rings is 1. The smallest absolute Gasteiger partial charge is 0.262 e. The molecule has 2 aromatic heterocycles. The Bertz CT molecular complexity index is 1080. The van der Waals surface area contributed by atoms with E-state index in [-0.39, 0.29) is 23.8 Å². The minimum absolute atomic E-state index is 0.0691. The number of carbonyl (C=O) groups excluding carboxylic acids is 1. The van der Waals surface area contributed by atoms with Crippen LogP contribution in [0.1, 0.15) is 43.3 Å². The van der Waals surface area contributed by atoms with Crippen molar-refractivity contribution in [3.63, 3.8) is 0 Å². The van der Waals surface area contributed by atoms with Gasteiger partial charge in [-0.25, -0.2) is 4.98 Å². The van der Waals surface area contributed by atoms with E-state index in [9.17, 15) is 9.59 Å². The van der Waals surface area contributed by atoms with Crippen LogP contribution in [-0.4, -0.2) is 22.6 Å². The van der Waals surface area contributed by atoms with Crippen molar-refractivity contribution in [3.8, 4) is 16.9 Å². The standard InChI is InChI=1S/C21H25N3O3S/c1-12(2)19-23-20-18(21(26)24(19)10-6-9-16(22)25)17(13(3)28-20)14-7-5-8-15(11-14)27-4/h5,7-8,11-12H,6,9-10H2,1-4H3,(H2,22,25). The highest BCUT2D eigenvalue weighted by molar-refractivity contribution is 7.19. The van der Waals surface area contributed by atoms with E-state index in [0.29, 0.717) is 18.4 Å². The molecule has 7 heteroatoms. The monoisotopic (exact) mass is 399 g/mol. The van der Waals surface area contributed by atoms with Gasteiger partial charge in [-0.3, -0.25) is 14.2 Å². The van der Waals surface area contributed by atoms with Crippen LogP contribution in [0.3, 0.4) is 0 Å². The van der Waals surface area contributed by atoms with Gasteiger partial charge in [0.25, 0.3) is 5.56 Å². The van der Waals surface area contributed by atoms with Gasteiger partial charge in [0.15, 0.2) is 0 Å². The van der Waals surface area contributed by atoms with Crippen LogP contribution in [0.15, 0.2) is 29.1 Å². The van der Waals surface area contributed by atoms with Gasteiger partial charge in [0.1, 0.15) is 16.4 Å². The van der Waals surface area contributed by atoms with Crippen molar-refractivity contribution >= 4 is 27.5 Å². The summed E-state index contributed by atoms with van der Waals surface area (Å²) in [5.74, 6) is 1.20. The maximum atomic E-state index is 13.5. The number of aryl methyl sites for hydroxylation is 1. The number of nitrogens with two attached hydrogens (primary N) is 1. The molecular weight excluding hydrogens is 374 g/mol. The molecule has 2 heterocycles. The summed E-state index contributed by atoms with van der Waals surface area (Å²) in [4.78, 5) is 31.2. The minimum atomic E-state index is -0.364. The summed E-state index contributed by atoms with van der Waals surface area (Å²) in [6.07, 6.45) is 0.757. The van der Waals surface area contributed by atoms with Crippen molar-refractivity contribution in [3.05, 3.63) is 45.3 Å². The molecule has 2 N–H and O–H groups in total. The molecule has 0 unspecified atom stereocenters. The molecule has 148 valence electrons. The Morgan fingerprint density at radius 3 is 2.75 bits per heavy atom.